The van der Waals surface area contributed by atoms with E-state index in [0.29, 0.717) is 0 Å². The predicted molar refractivity (Wildman–Crippen MR) is 276 cm³/mol. The Balaban J connectivity index is 1.02. The molecule has 0 fully saturated rings. The molecule has 3 aliphatic rings. The first-order valence-electron chi connectivity index (χ1n) is 22.6. The van der Waals surface area contributed by atoms with Gasteiger partial charge in [-0.05, 0) is 133 Å². The summed E-state index contributed by atoms with van der Waals surface area (Å²) in [4.78, 5) is 5.39. The summed E-state index contributed by atoms with van der Waals surface area (Å²) >= 11 is 3.89. The van der Waals surface area contributed by atoms with Crippen molar-refractivity contribution in [3.63, 3.8) is 0 Å². The topological polar surface area (TPSA) is 4.93 Å². The average Bonchev–Trinajstić information content (AvgIpc) is 3.67. The molecular formula is C60H44BNS2. The summed E-state index contributed by atoms with van der Waals surface area (Å²) in [6.07, 6.45) is 6.88. The van der Waals surface area contributed by atoms with E-state index in [4.69, 9.17) is 0 Å². The van der Waals surface area contributed by atoms with E-state index in [1.807, 2.05) is 23.5 Å². The number of benzene rings is 9. The molecule has 0 spiro atoms. The number of hydrogen-bond donors (Lipinski definition) is 0. The van der Waals surface area contributed by atoms with Crippen molar-refractivity contribution in [1.29, 1.82) is 0 Å². The van der Waals surface area contributed by atoms with Gasteiger partial charge in [0.2, 0.25) is 6.71 Å². The van der Waals surface area contributed by atoms with Gasteiger partial charge >= 0.3 is 0 Å². The molecule has 1 nitrogen and oxygen atoms in total. The van der Waals surface area contributed by atoms with Gasteiger partial charge in [0.15, 0.2) is 0 Å². The van der Waals surface area contributed by atoms with Crippen LogP contribution in [-0.4, -0.2) is 11.3 Å². The number of allylic oxidation sites excluding steroid dienone is 1. The van der Waals surface area contributed by atoms with E-state index >= 15 is 0 Å². The standard InChI is InChI=1S/C60H44BNS2/c1-60(2,3)41-32-38(31-40(33-41)58-47-23-9-7-21-45(47)57(37-17-5-4-6-18-37)46-22-8-10-24-48(46)58)39-34-55-59-56(35-39)64-54-36-42(29-30-50(54)61(59)49-25-13-16-28-53(49)63-55)62-51-26-14-11-19-43(51)44-20-12-15-27-52(44)62/h4-7,9-21,23-36H,8,22H2,1-3H3. The largest absolute Gasteiger partial charge is 0.309 e. The van der Waals surface area contributed by atoms with Crippen molar-refractivity contribution < 1.29 is 0 Å². The lowest BCUT2D eigenvalue weighted by Crippen LogP contribution is -2.58. The fourth-order valence-corrected chi connectivity index (χ4v) is 13.5. The second kappa shape index (κ2) is 14.5. The molecule has 0 atom stereocenters. The maximum Gasteiger partial charge on any atom is 0.247 e. The second-order valence-electron chi connectivity index (χ2n) is 18.7. The van der Waals surface area contributed by atoms with E-state index < -0.39 is 0 Å². The number of hydrogen-bond acceptors (Lipinski definition) is 2. The van der Waals surface area contributed by atoms with Gasteiger partial charge in [-0.1, -0.05) is 195 Å². The molecule has 0 saturated heterocycles. The number of para-hydroxylation sites is 2. The molecule has 0 amide bonds. The molecule has 10 aromatic rings. The predicted octanol–water partition coefficient (Wildman–Crippen LogP) is 14.6. The van der Waals surface area contributed by atoms with Crippen LogP contribution in [0.25, 0.3) is 77.7 Å². The third-order valence-electron chi connectivity index (χ3n) is 13.9. The molecule has 0 radical (unpaired) electrons. The highest BCUT2D eigenvalue weighted by atomic mass is 32.2. The highest BCUT2D eigenvalue weighted by Crippen LogP contribution is 2.48. The monoisotopic (exact) mass is 853 g/mol. The Morgan fingerprint density at radius 1 is 0.484 bits per heavy atom. The maximum atomic E-state index is 2.51. The van der Waals surface area contributed by atoms with E-state index in [9.17, 15) is 0 Å². The summed E-state index contributed by atoms with van der Waals surface area (Å²) in [5.41, 5.74) is 19.9. The average molecular weight is 854 g/mol. The number of nitrogens with zero attached hydrogens (tertiary/aromatic N) is 1. The third kappa shape index (κ3) is 5.89. The van der Waals surface area contributed by atoms with E-state index in [1.165, 1.54) is 124 Å². The molecule has 1 aliphatic carbocycles. The number of rotatable bonds is 4. The zero-order valence-corrected chi connectivity index (χ0v) is 37.8. The van der Waals surface area contributed by atoms with Crippen LogP contribution in [-0.2, 0) is 11.8 Å². The van der Waals surface area contributed by atoms with Crippen molar-refractivity contribution in [2.24, 2.45) is 0 Å². The lowest BCUT2D eigenvalue weighted by atomic mass is 9.36. The molecule has 3 heterocycles. The Morgan fingerprint density at radius 3 is 1.81 bits per heavy atom. The van der Waals surface area contributed by atoms with Gasteiger partial charge in [0.1, 0.15) is 0 Å². The molecular weight excluding hydrogens is 810 g/mol. The van der Waals surface area contributed by atoms with E-state index in [0.717, 1.165) is 12.8 Å². The van der Waals surface area contributed by atoms with E-state index in [1.54, 1.807) is 0 Å². The summed E-state index contributed by atoms with van der Waals surface area (Å²) in [7, 11) is 0. The highest BCUT2D eigenvalue weighted by Gasteiger charge is 2.38. The SMILES string of the molecule is CC(C)(C)c1cc(-c2cc3c4c(c2)Sc2cc(-n5c6ccccc6c6ccccc65)ccc2B4c2ccccc2S3)cc(-c2c3c(c(-c4ccccc4)c4ccccc24)CCC=C3)c1. The zero-order valence-electron chi connectivity index (χ0n) is 36.2. The van der Waals surface area contributed by atoms with Gasteiger partial charge in [-0.15, -0.1) is 0 Å². The zero-order chi connectivity index (χ0) is 42.7. The molecule has 304 valence electrons. The van der Waals surface area contributed by atoms with Crippen LogP contribution in [0.4, 0.5) is 0 Å². The normalized spacial score (nSPS) is 13.8. The smallest absolute Gasteiger partial charge is 0.247 e. The first kappa shape index (κ1) is 38.0. The summed E-state index contributed by atoms with van der Waals surface area (Å²) in [6.45, 7) is 7.25. The number of aromatic nitrogens is 1. The Hall–Kier alpha value is -6.46. The van der Waals surface area contributed by atoms with Gasteiger partial charge < -0.3 is 4.57 Å². The van der Waals surface area contributed by atoms with Gasteiger partial charge in [-0.3, -0.25) is 0 Å². The molecule has 4 heteroatoms. The van der Waals surface area contributed by atoms with E-state index in [-0.39, 0.29) is 12.1 Å². The van der Waals surface area contributed by atoms with Crippen LogP contribution >= 0.6 is 23.5 Å². The Labute approximate surface area is 384 Å². The molecule has 0 unspecified atom stereocenters. The Bertz CT molecular complexity index is 3550. The van der Waals surface area contributed by atoms with Crippen molar-refractivity contribution in [2.45, 2.75) is 58.6 Å². The number of fused-ring (bicyclic) bond motifs is 9. The highest BCUT2D eigenvalue weighted by molar-refractivity contribution is 8.01. The first-order chi connectivity index (χ1) is 31.4. The van der Waals surface area contributed by atoms with Crippen LogP contribution in [0, 0.1) is 0 Å². The lowest BCUT2D eigenvalue weighted by molar-refractivity contribution is 0.590. The van der Waals surface area contributed by atoms with Crippen molar-refractivity contribution >= 4 is 85.3 Å². The molecule has 9 aromatic carbocycles. The summed E-state index contributed by atoms with van der Waals surface area (Å²) in [6, 6.07) is 66.6. The first-order valence-corrected chi connectivity index (χ1v) is 24.2. The molecule has 0 N–H and O–H groups in total. The molecule has 2 aliphatic heterocycles. The van der Waals surface area contributed by atoms with Gasteiger partial charge in [0, 0.05) is 36.0 Å². The lowest BCUT2D eigenvalue weighted by Gasteiger charge is -2.33. The molecule has 1 aromatic heterocycles. The van der Waals surface area contributed by atoms with Gasteiger partial charge in [0.25, 0.3) is 0 Å². The summed E-state index contributed by atoms with van der Waals surface area (Å²) < 4.78 is 2.46. The Morgan fingerprint density at radius 2 is 1.08 bits per heavy atom. The maximum absolute atomic E-state index is 2.51. The van der Waals surface area contributed by atoms with Crippen molar-refractivity contribution in [3.8, 4) is 39.1 Å². The fraction of sp³-hybridized carbons (Fsp3) is 0.100. The van der Waals surface area contributed by atoms with Crippen LogP contribution in [0.5, 0.6) is 0 Å². The quantitative estimate of drug-likeness (QED) is 0.163. The van der Waals surface area contributed by atoms with Crippen LogP contribution in [0.1, 0.15) is 43.9 Å². The van der Waals surface area contributed by atoms with Crippen LogP contribution in [0.2, 0.25) is 0 Å². The van der Waals surface area contributed by atoms with Crippen LogP contribution in [0.15, 0.2) is 202 Å². The van der Waals surface area contributed by atoms with Crippen LogP contribution in [0.3, 0.4) is 0 Å². The van der Waals surface area contributed by atoms with Gasteiger partial charge in [-0.2, -0.15) is 0 Å². The van der Waals surface area contributed by atoms with Crippen LogP contribution < -0.4 is 16.4 Å². The van der Waals surface area contributed by atoms with E-state index in [2.05, 4.69) is 213 Å². The minimum atomic E-state index is -0.0569. The van der Waals surface area contributed by atoms with Crippen molar-refractivity contribution in [3.05, 3.63) is 199 Å². The third-order valence-corrected chi connectivity index (χ3v) is 16.2. The van der Waals surface area contributed by atoms with Gasteiger partial charge in [-0.25, -0.2) is 0 Å². The molecule has 13 rings (SSSR count). The molecule has 64 heavy (non-hydrogen) atoms. The van der Waals surface area contributed by atoms with Gasteiger partial charge in [0.05, 0.1) is 11.0 Å². The van der Waals surface area contributed by atoms with Crippen molar-refractivity contribution in [1.82, 2.24) is 4.57 Å². The Kier molecular flexibility index (Phi) is 8.64. The minimum absolute atomic E-state index is 0.0569. The summed E-state index contributed by atoms with van der Waals surface area (Å²) in [5.74, 6) is 0. The second-order valence-corrected chi connectivity index (χ2v) is 20.9. The molecule has 0 bridgehead atoms. The minimum Gasteiger partial charge on any atom is -0.309 e. The fourth-order valence-electron chi connectivity index (χ4n) is 10.9. The van der Waals surface area contributed by atoms with Crippen molar-refractivity contribution in [2.75, 3.05) is 0 Å². The molecule has 0 saturated carbocycles. The summed E-state index contributed by atoms with van der Waals surface area (Å²) in [5, 5.41) is 5.21.